The van der Waals surface area contributed by atoms with Gasteiger partial charge in [-0.1, -0.05) is 26.8 Å². The predicted molar refractivity (Wildman–Crippen MR) is 80.6 cm³/mol. The highest BCUT2D eigenvalue weighted by molar-refractivity contribution is 7.10. The Hall–Kier alpha value is -0.870. The molecule has 106 valence electrons. The number of nitrogens with one attached hydrogen (secondary N) is 1. The van der Waals surface area contributed by atoms with Crippen LogP contribution in [0.4, 0.5) is 0 Å². The van der Waals surface area contributed by atoms with Crippen molar-refractivity contribution in [1.29, 1.82) is 0 Å². The van der Waals surface area contributed by atoms with Crippen LogP contribution < -0.4 is 5.32 Å². The highest BCUT2D eigenvalue weighted by Gasteiger charge is 2.33. The molecule has 0 radical (unpaired) electrons. The van der Waals surface area contributed by atoms with Crippen LogP contribution in [0.1, 0.15) is 38.5 Å². The number of piperidine rings is 1. The molecule has 1 atom stereocenters. The van der Waals surface area contributed by atoms with Crippen LogP contribution in [0.25, 0.3) is 0 Å². The summed E-state index contributed by atoms with van der Waals surface area (Å²) in [5.41, 5.74) is 0.0396. The van der Waals surface area contributed by atoms with E-state index >= 15 is 0 Å². The Labute approximate surface area is 120 Å². The number of thiophene rings is 1. The summed E-state index contributed by atoms with van der Waals surface area (Å²) in [6.45, 7) is 9.08. The summed E-state index contributed by atoms with van der Waals surface area (Å²) in [4.78, 5) is 15.8. The van der Waals surface area contributed by atoms with Gasteiger partial charge in [-0.3, -0.25) is 4.79 Å². The summed E-state index contributed by atoms with van der Waals surface area (Å²) in [5, 5.41) is 5.40. The number of amides is 1. The summed E-state index contributed by atoms with van der Waals surface area (Å²) in [7, 11) is 0. The van der Waals surface area contributed by atoms with E-state index in [0.717, 1.165) is 32.5 Å². The summed E-state index contributed by atoms with van der Waals surface area (Å²) in [6, 6.07) is 4.28. The van der Waals surface area contributed by atoms with Gasteiger partial charge in [-0.05, 0) is 30.8 Å². The fourth-order valence-corrected chi connectivity index (χ4v) is 3.60. The van der Waals surface area contributed by atoms with Gasteiger partial charge in [-0.2, -0.15) is 0 Å². The molecule has 1 aliphatic heterocycles. The maximum Gasteiger partial charge on any atom is 0.239 e. The lowest BCUT2D eigenvalue weighted by molar-refractivity contribution is -0.136. The molecule has 0 bridgehead atoms. The average Bonchev–Trinajstić information content (AvgIpc) is 2.89. The van der Waals surface area contributed by atoms with E-state index in [-0.39, 0.29) is 17.4 Å². The van der Waals surface area contributed by atoms with Crippen molar-refractivity contribution in [2.75, 3.05) is 19.6 Å². The van der Waals surface area contributed by atoms with Crippen molar-refractivity contribution in [1.82, 2.24) is 10.2 Å². The minimum atomic E-state index is 0.0258. The van der Waals surface area contributed by atoms with Gasteiger partial charge in [0.05, 0.1) is 6.04 Å². The molecule has 1 amide bonds. The third-order valence-corrected chi connectivity index (χ3v) is 4.99. The monoisotopic (exact) mass is 280 g/mol. The van der Waals surface area contributed by atoms with Crippen LogP contribution in [0.5, 0.6) is 0 Å². The maximum absolute atomic E-state index is 12.4. The van der Waals surface area contributed by atoms with Gasteiger partial charge < -0.3 is 10.2 Å². The number of likely N-dealkylation sites (N-methyl/N-ethyl adjacent to an activating group) is 1. The molecule has 1 aromatic heterocycles. The molecule has 1 N–H and O–H groups in total. The Bertz CT molecular complexity index is 412. The summed E-state index contributed by atoms with van der Waals surface area (Å²) in [5.74, 6) is 0.276. The van der Waals surface area contributed by atoms with Crippen molar-refractivity contribution >= 4 is 17.2 Å². The van der Waals surface area contributed by atoms with E-state index in [1.54, 1.807) is 11.3 Å². The van der Waals surface area contributed by atoms with Crippen LogP contribution in [0.15, 0.2) is 17.5 Å². The van der Waals surface area contributed by atoms with Gasteiger partial charge in [0.15, 0.2) is 0 Å². The molecule has 1 fully saturated rings. The van der Waals surface area contributed by atoms with Crippen molar-refractivity contribution < 1.29 is 4.79 Å². The van der Waals surface area contributed by atoms with Crippen molar-refractivity contribution in [2.45, 2.75) is 45.1 Å². The standard InChI is InChI=1S/C15H24N2OS/c1-4-16-12-7-5-9-17(14(12)18)11-15(2,3)13-8-6-10-19-13/h6,8,10,12,16H,4-5,7,9,11H2,1-3H3. The van der Waals surface area contributed by atoms with E-state index in [1.807, 2.05) is 4.90 Å². The highest BCUT2D eigenvalue weighted by atomic mass is 32.1. The minimum Gasteiger partial charge on any atom is -0.340 e. The van der Waals surface area contributed by atoms with E-state index < -0.39 is 0 Å². The van der Waals surface area contributed by atoms with Crippen LogP contribution in [0.3, 0.4) is 0 Å². The number of carbonyl (C=O) groups excluding carboxylic acids is 1. The molecular formula is C15H24N2OS. The Morgan fingerprint density at radius 2 is 2.32 bits per heavy atom. The van der Waals surface area contributed by atoms with Gasteiger partial charge in [0.25, 0.3) is 0 Å². The molecule has 2 heterocycles. The molecule has 3 nitrogen and oxygen atoms in total. The van der Waals surface area contributed by atoms with E-state index in [9.17, 15) is 4.79 Å². The molecule has 0 spiro atoms. The quantitative estimate of drug-likeness (QED) is 0.899. The molecule has 1 saturated heterocycles. The minimum absolute atomic E-state index is 0.0258. The van der Waals surface area contributed by atoms with Crippen LogP contribution >= 0.6 is 11.3 Å². The van der Waals surface area contributed by atoms with Gasteiger partial charge >= 0.3 is 0 Å². The Kier molecular flexibility index (Phi) is 4.63. The zero-order valence-corrected chi connectivity index (χ0v) is 12.9. The second kappa shape index (κ2) is 6.06. The lowest BCUT2D eigenvalue weighted by atomic mass is 9.89. The van der Waals surface area contributed by atoms with Gasteiger partial charge in [0, 0.05) is 23.4 Å². The summed E-state index contributed by atoms with van der Waals surface area (Å²) >= 11 is 1.78. The summed E-state index contributed by atoms with van der Waals surface area (Å²) in [6.07, 6.45) is 2.08. The van der Waals surface area contributed by atoms with E-state index in [2.05, 4.69) is 43.6 Å². The number of rotatable bonds is 5. The smallest absolute Gasteiger partial charge is 0.239 e. The molecule has 1 aromatic rings. The van der Waals surface area contributed by atoms with Crippen molar-refractivity contribution in [2.24, 2.45) is 0 Å². The Morgan fingerprint density at radius 3 is 2.95 bits per heavy atom. The van der Waals surface area contributed by atoms with Gasteiger partial charge in [0.2, 0.25) is 5.91 Å². The lowest BCUT2D eigenvalue weighted by Gasteiger charge is -2.37. The van der Waals surface area contributed by atoms with Gasteiger partial charge in [-0.15, -0.1) is 11.3 Å². The zero-order valence-electron chi connectivity index (χ0n) is 12.1. The number of carbonyl (C=O) groups is 1. The second-order valence-corrected chi connectivity index (χ2v) is 6.82. The predicted octanol–water partition coefficient (Wildman–Crippen LogP) is 2.63. The normalized spacial score (nSPS) is 20.9. The first kappa shape index (κ1) is 14.5. The van der Waals surface area contributed by atoms with Crippen LogP contribution in [0, 0.1) is 0 Å². The van der Waals surface area contributed by atoms with E-state index in [1.165, 1.54) is 4.88 Å². The molecule has 19 heavy (non-hydrogen) atoms. The molecule has 0 saturated carbocycles. The summed E-state index contributed by atoms with van der Waals surface area (Å²) < 4.78 is 0. The fraction of sp³-hybridized carbons (Fsp3) is 0.667. The second-order valence-electron chi connectivity index (χ2n) is 5.87. The molecule has 2 rings (SSSR count). The number of likely N-dealkylation sites (tertiary alicyclic amines) is 1. The van der Waals surface area contributed by atoms with Crippen LogP contribution in [-0.4, -0.2) is 36.5 Å². The molecule has 1 unspecified atom stereocenters. The molecule has 0 aliphatic carbocycles. The first-order valence-corrected chi connectivity index (χ1v) is 7.98. The molecular weight excluding hydrogens is 256 g/mol. The average molecular weight is 280 g/mol. The number of nitrogens with zero attached hydrogens (tertiary/aromatic N) is 1. The molecule has 1 aliphatic rings. The van der Waals surface area contributed by atoms with Crippen molar-refractivity contribution in [3.8, 4) is 0 Å². The van der Waals surface area contributed by atoms with Crippen molar-refractivity contribution in [3.63, 3.8) is 0 Å². The van der Waals surface area contributed by atoms with E-state index in [4.69, 9.17) is 0 Å². The Balaban J connectivity index is 2.04. The first-order valence-electron chi connectivity index (χ1n) is 7.11. The lowest BCUT2D eigenvalue weighted by Crippen LogP contribution is -2.53. The third kappa shape index (κ3) is 3.37. The Morgan fingerprint density at radius 1 is 1.53 bits per heavy atom. The zero-order chi connectivity index (χ0) is 13.9. The van der Waals surface area contributed by atoms with Gasteiger partial charge in [-0.25, -0.2) is 0 Å². The van der Waals surface area contributed by atoms with Gasteiger partial charge in [0.1, 0.15) is 0 Å². The fourth-order valence-electron chi connectivity index (χ4n) is 2.75. The topological polar surface area (TPSA) is 32.3 Å². The number of hydrogen-bond acceptors (Lipinski definition) is 3. The SMILES string of the molecule is CCNC1CCCN(CC(C)(C)c2cccs2)C1=O. The highest BCUT2D eigenvalue weighted by Crippen LogP contribution is 2.29. The number of hydrogen-bond donors (Lipinski definition) is 1. The molecule has 0 aromatic carbocycles. The van der Waals surface area contributed by atoms with Crippen LogP contribution in [-0.2, 0) is 10.2 Å². The maximum atomic E-state index is 12.4. The van der Waals surface area contributed by atoms with Crippen LogP contribution in [0.2, 0.25) is 0 Å². The van der Waals surface area contributed by atoms with E-state index in [0.29, 0.717) is 0 Å². The largest absolute Gasteiger partial charge is 0.340 e. The van der Waals surface area contributed by atoms with Crippen molar-refractivity contribution in [3.05, 3.63) is 22.4 Å². The third-order valence-electron chi connectivity index (χ3n) is 3.76. The molecule has 4 heteroatoms. The first-order chi connectivity index (χ1) is 9.04.